The predicted octanol–water partition coefficient (Wildman–Crippen LogP) is 3.21. The molecule has 1 atom stereocenters. The molecule has 3 heteroatoms. The molecule has 4 aliphatic carbocycles. The summed E-state index contributed by atoms with van der Waals surface area (Å²) < 4.78 is 0. The fourth-order valence-electron chi connectivity index (χ4n) is 6.55. The monoisotopic (exact) mass is 324 g/mol. The topological polar surface area (TPSA) is 41.1 Å². The van der Waals surface area contributed by atoms with Crippen LogP contribution in [-0.2, 0) is 11.2 Å². The molecule has 5 aliphatic rings. The molecular weight excluding hydrogens is 296 g/mol. The van der Waals surface area contributed by atoms with Crippen molar-refractivity contribution in [3.8, 4) is 0 Å². The summed E-state index contributed by atoms with van der Waals surface area (Å²) in [4.78, 5) is 13.1. The van der Waals surface area contributed by atoms with E-state index in [1.54, 1.807) is 0 Å². The summed E-state index contributed by atoms with van der Waals surface area (Å²) in [7, 11) is 0. The van der Waals surface area contributed by atoms with Crippen LogP contribution in [0.3, 0.4) is 0 Å². The molecule has 0 spiro atoms. The second kappa shape index (κ2) is 5.59. The highest BCUT2D eigenvalue weighted by molar-refractivity contribution is 5.83. The van der Waals surface area contributed by atoms with E-state index in [0.29, 0.717) is 5.91 Å². The first kappa shape index (κ1) is 14.9. The van der Waals surface area contributed by atoms with E-state index in [1.807, 2.05) is 0 Å². The highest BCUT2D eigenvalue weighted by atomic mass is 16.2. The number of carbonyl (C=O) groups excluding carboxylic acids is 1. The van der Waals surface area contributed by atoms with E-state index < -0.39 is 0 Å². The van der Waals surface area contributed by atoms with Gasteiger partial charge < -0.3 is 10.6 Å². The minimum absolute atomic E-state index is 0.0249. The van der Waals surface area contributed by atoms with Gasteiger partial charge in [0.25, 0.3) is 0 Å². The summed E-state index contributed by atoms with van der Waals surface area (Å²) in [6.07, 6.45) is 8.73. The first-order valence-electron chi connectivity index (χ1n) is 9.81. The molecule has 1 heterocycles. The number of carbonyl (C=O) groups is 1. The lowest BCUT2D eigenvalue weighted by molar-refractivity contribution is -0.146. The standard InChI is InChI=1S/C21H28N2O/c24-20(21-10-14-7-15(11-21)9-16(8-14)12-21)23-13-19-18-4-2-1-3-17(18)5-6-22-19/h1-4,14-16,19,22H,5-13H2,(H,23,24). The van der Waals surface area contributed by atoms with Gasteiger partial charge in [0.2, 0.25) is 5.91 Å². The number of hydrogen-bond donors (Lipinski definition) is 2. The van der Waals surface area contributed by atoms with Crippen molar-refractivity contribution in [1.29, 1.82) is 0 Å². The van der Waals surface area contributed by atoms with Crippen molar-refractivity contribution < 1.29 is 4.79 Å². The molecule has 4 fully saturated rings. The van der Waals surface area contributed by atoms with E-state index in [2.05, 4.69) is 34.9 Å². The predicted molar refractivity (Wildman–Crippen MR) is 94.5 cm³/mol. The number of rotatable bonds is 3. The van der Waals surface area contributed by atoms with E-state index in [9.17, 15) is 4.79 Å². The molecule has 1 amide bonds. The molecule has 128 valence electrons. The second-order valence-electron chi connectivity index (χ2n) is 8.86. The maximum atomic E-state index is 13.1. The van der Waals surface area contributed by atoms with Crippen LogP contribution in [0.2, 0.25) is 0 Å². The van der Waals surface area contributed by atoms with E-state index in [1.165, 1.54) is 30.4 Å². The van der Waals surface area contributed by atoms with Gasteiger partial charge in [-0.2, -0.15) is 0 Å². The summed E-state index contributed by atoms with van der Waals surface area (Å²) in [5.74, 6) is 2.84. The van der Waals surface area contributed by atoms with Crippen LogP contribution >= 0.6 is 0 Å². The smallest absolute Gasteiger partial charge is 0.226 e. The molecule has 1 aromatic rings. The molecule has 24 heavy (non-hydrogen) atoms. The van der Waals surface area contributed by atoms with Crippen LogP contribution in [0.25, 0.3) is 0 Å². The number of benzene rings is 1. The van der Waals surface area contributed by atoms with Crippen LogP contribution in [-0.4, -0.2) is 19.0 Å². The SMILES string of the molecule is O=C(NCC1NCCc2ccccc21)C12CC3CC(CC(C3)C1)C2. The van der Waals surface area contributed by atoms with Gasteiger partial charge in [0, 0.05) is 18.0 Å². The average molecular weight is 324 g/mol. The van der Waals surface area contributed by atoms with Gasteiger partial charge in [-0.05, 0) is 80.4 Å². The number of hydrogen-bond acceptors (Lipinski definition) is 2. The molecular formula is C21H28N2O. The summed E-state index contributed by atoms with van der Waals surface area (Å²) in [6.45, 7) is 1.74. The van der Waals surface area contributed by atoms with Crippen LogP contribution in [0.15, 0.2) is 24.3 Å². The first-order chi connectivity index (χ1) is 11.7. The minimum Gasteiger partial charge on any atom is -0.354 e. The Balaban J connectivity index is 1.29. The Morgan fingerprint density at radius 3 is 2.46 bits per heavy atom. The Morgan fingerprint density at radius 1 is 1.08 bits per heavy atom. The van der Waals surface area contributed by atoms with Crippen molar-refractivity contribution in [2.75, 3.05) is 13.1 Å². The highest BCUT2D eigenvalue weighted by Crippen LogP contribution is 2.60. The Morgan fingerprint density at radius 2 is 1.75 bits per heavy atom. The zero-order valence-corrected chi connectivity index (χ0v) is 14.4. The van der Waals surface area contributed by atoms with Gasteiger partial charge in [0.05, 0.1) is 0 Å². The lowest BCUT2D eigenvalue weighted by atomic mass is 9.49. The van der Waals surface area contributed by atoms with Gasteiger partial charge in [-0.1, -0.05) is 24.3 Å². The van der Waals surface area contributed by atoms with Gasteiger partial charge in [-0.15, -0.1) is 0 Å². The highest BCUT2D eigenvalue weighted by Gasteiger charge is 2.54. The van der Waals surface area contributed by atoms with E-state index in [4.69, 9.17) is 0 Å². The molecule has 1 unspecified atom stereocenters. The van der Waals surface area contributed by atoms with Crippen LogP contribution in [0.4, 0.5) is 0 Å². The molecule has 0 radical (unpaired) electrons. The van der Waals surface area contributed by atoms with Crippen LogP contribution in [0.1, 0.15) is 55.7 Å². The van der Waals surface area contributed by atoms with E-state index in [0.717, 1.165) is 56.5 Å². The molecule has 0 saturated heterocycles. The number of nitrogens with one attached hydrogen (secondary N) is 2. The van der Waals surface area contributed by atoms with Crippen molar-refractivity contribution in [2.24, 2.45) is 23.2 Å². The summed E-state index contributed by atoms with van der Waals surface area (Å²) in [5.41, 5.74) is 2.78. The van der Waals surface area contributed by atoms with Crippen molar-refractivity contribution in [3.63, 3.8) is 0 Å². The molecule has 0 aromatic heterocycles. The van der Waals surface area contributed by atoms with Crippen molar-refractivity contribution in [2.45, 2.75) is 51.0 Å². The fourth-order valence-corrected chi connectivity index (χ4v) is 6.55. The van der Waals surface area contributed by atoms with Gasteiger partial charge in [0.1, 0.15) is 0 Å². The third kappa shape index (κ3) is 2.40. The number of fused-ring (bicyclic) bond motifs is 1. The first-order valence-corrected chi connectivity index (χ1v) is 9.81. The van der Waals surface area contributed by atoms with Crippen LogP contribution in [0.5, 0.6) is 0 Å². The molecule has 1 aliphatic heterocycles. The maximum absolute atomic E-state index is 13.1. The fraction of sp³-hybridized carbons (Fsp3) is 0.667. The molecule has 6 rings (SSSR count). The Labute approximate surface area is 144 Å². The van der Waals surface area contributed by atoms with Gasteiger partial charge in [-0.25, -0.2) is 0 Å². The quantitative estimate of drug-likeness (QED) is 0.896. The maximum Gasteiger partial charge on any atom is 0.226 e. The van der Waals surface area contributed by atoms with Gasteiger partial charge in [0.15, 0.2) is 0 Å². The average Bonchev–Trinajstić information content (AvgIpc) is 2.58. The van der Waals surface area contributed by atoms with Gasteiger partial charge >= 0.3 is 0 Å². The largest absolute Gasteiger partial charge is 0.354 e. The van der Waals surface area contributed by atoms with E-state index >= 15 is 0 Å². The van der Waals surface area contributed by atoms with E-state index in [-0.39, 0.29) is 11.5 Å². The second-order valence-corrected chi connectivity index (χ2v) is 8.86. The number of amides is 1. The third-order valence-electron chi connectivity index (χ3n) is 7.20. The lowest BCUT2D eigenvalue weighted by Gasteiger charge is -2.55. The van der Waals surface area contributed by atoms with Crippen molar-refractivity contribution in [1.82, 2.24) is 10.6 Å². The Bertz CT molecular complexity index is 618. The zero-order valence-electron chi connectivity index (χ0n) is 14.4. The summed E-state index contributed by atoms with van der Waals surface area (Å²) in [6, 6.07) is 8.94. The normalized spacial score (nSPS) is 39.5. The molecule has 3 nitrogen and oxygen atoms in total. The molecule has 1 aromatic carbocycles. The molecule has 4 bridgehead atoms. The van der Waals surface area contributed by atoms with Crippen molar-refractivity contribution >= 4 is 5.91 Å². The third-order valence-corrected chi connectivity index (χ3v) is 7.20. The summed E-state index contributed by atoms with van der Waals surface area (Å²) >= 11 is 0. The molecule has 4 saturated carbocycles. The Hall–Kier alpha value is -1.35. The van der Waals surface area contributed by atoms with Crippen molar-refractivity contribution in [3.05, 3.63) is 35.4 Å². The zero-order chi connectivity index (χ0) is 16.1. The minimum atomic E-state index is -0.0249. The lowest BCUT2D eigenvalue weighted by Crippen LogP contribution is -2.54. The Kier molecular flexibility index (Phi) is 3.48. The molecule has 2 N–H and O–H groups in total. The summed E-state index contributed by atoms with van der Waals surface area (Å²) in [5, 5.41) is 6.94. The van der Waals surface area contributed by atoms with Gasteiger partial charge in [-0.3, -0.25) is 4.79 Å². The van der Waals surface area contributed by atoms with Crippen LogP contribution < -0.4 is 10.6 Å². The van der Waals surface area contributed by atoms with Crippen LogP contribution in [0, 0.1) is 23.2 Å².